The predicted molar refractivity (Wildman–Crippen MR) is 196 cm³/mol. The summed E-state index contributed by atoms with van der Waals surface area (Å²) in [5.41, 5.74) is 13.2. The molecule has 5 aromatic rings. The summed E-state index contributed by atoms with van der Waals surface area (Å²) in [6.07, 6.45) is 0.836. The maximum atomic E-state index is 13.8. The maximum absolute atomic E-state index is 13.8. The summed E-state index contributed by atoms with van der Waals surface area (Å²) < 4.78 is 0. The molecular weight excluding hydrogens is 626 g/mol. The second-order valence-electron chi connectivity index (χ2n) is 12.8. The number of carbonyl (C=O) groups excluding carboxylic acids is 2. The Hall–Kier alpha value is -5.28. The molecule has 50 heavy (non-hydrogen) atoms. The van der Waals surface area contributed by atoms with Gasteiger partial charge in [-0.05, 0) is 83.0 Å². The van der Waals surface area contributed by atoms with E-state index in [1.54, 1.807) is 24.3 Å². The van der Waals surface area contributed by atoms with Crippen LogP contribution in [0.5, 0.6) is 5.75 Å². The molecule has 0 fully saturated rings. The summed E-state index contributed by atoms with van der Waals surface area (Å²) in [4.78, 5) is 27.3. The molecule has 0 aromatic heterocycles. The highest BCUT2D eigenvalue weighted by atomic mass is 16.3. The fourth-order valence-electron chi connectivity index (χ4n) is 5.99. The Kier molecular flexibility index (Phi) is 12.5. The van der Waals surface area contributed by atoms with Gasteiger partial charge in [-0.15, -0.1) is 0 Å². The Morgan fingerprint density at radius 1 is 0.780 bits per heavy atom. The molecule has 258 valence electrons. The third-order valence-corrected chi connectivity index (χ3v) is 8.90. The van der Waals surface area contributed by atoms with Crippen molar-refractivity contribution in [2.75, 3.05) is 13.1 Å². The molecule has 0 aliphatic heterocycles. The third kappa shape index (κ3) is 10.1. The number of aromatic hydroxyl groups is 1. The van der Waals surface area contributed by atoms with Crippen molar-refractivity contribution in [1.29, 1.82) is 0 Å². The lowest BCUT2D eigenvalue weighted by Gasteiger charge is -2.24. The molecule has 0 saturated heterocycles. The van der Waals surface area contributed by atoms with Crippen LogP contribution in [-0.2, 0) is 37.2 Å². The highest BCUT2D eigenvalue weighted by molar-refractivity contribution is 5.92. The standard InChI is InChI=1S/C42H45N3O5/c1-29(44-26-40(48)37-18-19-39(47)38(25-37)28-46)22-32-6-5-7-33(23-32)24-41(49)45(27-31-12-16-36(17-13-31)42(43)50)21-20-30-10-14-35(15-11-30)34-8-3-2-4-9-34/h2-19,23,25,29,40,44,46-48H,20-22,24,26-28H2,1H3,(H2,43,50)/t29-,40+/m1/s1. The molecule has 2 amide bonds. The van der Waals surface area contributed by atoms with Crippen molar-refractivity contribution < 1.29 is 24.9 Å². The number of benzene rings is 5. The van der Waals surface area contributed by atoms with Crippen molar-refractivity contribution in [1.82, 2.24) is 10.2 Å². The van der Waals surface area contributed by atoms with E-state index in [0.29, 0.717) is 49.2 Å². The first-order valence-electron chi connectivity index (χ1n) is 16.9. The summed E-state index contributed by atoms with van der Waals surface area (Å²) in [6.45, 7) is 2.98. The van der Waals surface area contributed by atoms with Gasteiger partial charge in [0.2, 0.25) is 11.8 Å². The van der Waals surface area contributed by atoms with Gasteiger partial charge in [-0.2, -0.15) is 0 Å². The number of hydrogen-bond donors (Lipinski definition) is 5. The first kappa shape index (κ1) is 36.0. The molecule has 5 rings (SSSR count). The van der Waals surface area contributed by atoms with Crippen LogP contribution in [0.15, 0.2) is 121 Å². The number of carbonyl (C=O) groups is 2. The maximum Gasteiger partial charge on any atom is 0.248 e. The lowest BCUT2D eigenvalue weighted by molar-refractivity contribution is -0.131. The highest BCUT2D eigenvalue weighted by Gasteiger charge is 2.17. The number of phenols is 1. The summed E-state index contributed by atoms with van der Waals surface area (Å²) in [6, 6.07) is 38.5. The van der Waals surface area contributed by atoms with E-state index in [-0.39, 0.29) is 30.7 Å². The van der Waals surface area contributed by atoms with Crippen molar-refractivity contribution in [2.24, 2.45) is 5.73 Å². The fraction of sp³-hybridized carbons (Fsp3) is 0.238. The van der Waals surface area contributed by atoms with Crippen LogP contribution in [0.1, 0.15) is 56.8 Å². The van der Waals surface area contributed by atoms with Gasteiger partial charge in [0.1, 0.15) is 5.75 Å². The number of rotatable bonds is 16. The van der Waals surface area contributed by atoms with E-state index in [2.05, 4.69) is 47.8 Å². The number of primary amides is 1. The smallest absolute Gasteiger partial charge is 0.248 e. The summed E-state index contributed by atoms with van der Waals surface area (Å²) in [5.74, 6) is -0.482. The second-order valence-corrected chi connectivity index (χ2v) is 12.8. The van der Waals surface area contributed by atoms with Gasteiger partial charge in [-0.25, -0.2) is 0 Å². The monoisotopic (exact) mass is 671 g/mol. The number of aliphatic hydroxyl groups excluding tert-OH is 2. The van der Waals surface area contributed by atoms with Crippen molar-refractivity contribution in [3.05, 3.63) is 160 Å². The molecule has 0 bridgehead atoms. The van der Waals surface area contributed by atoms with Crippen LogP contribution in [0.25, 0.3) is 11.1 Å². The number of amides is 2. The van der Waals surface area contributed by atoms with Crippen molar-refractivity contribution in [3.8, 4) is 16.9 Å². The highest BCUT2D eigenvalue weighted by Crippen LogP contribution is 2.23. The molecular formula is C42H45N3O5. The zero-order valence-corrected chi connectivity index (χ0v) is 28.3. The SMILES string of the molecule is C[C@H](Cc1cccc(CC(=O)N(CCc2ccc(-c3ccccc3)cc2)Cc2ccc(C(N)=O)cc2)c1)NC[C@H](O)c1ccc(O)c(CO)c1. The third-order valence-electron chi connectivity index (χ3n) is 8.90. The zero-order valence-electron chi connectivity index (χ0n) is 28.3. The van der Waals surface area contributed by atoms with Crippen molar-refractivity contribution in [2.45, 2.75) is 51.5 Å². The van der Waals surface area contributed by atoms with Gasteiger partial charge in [-0.1, -0.05) is 97.1 Å². The summed E-state index contributed by atoms with van der Waals surface area (Å²) >= 11 is 0. The van der Waals surface area contributed by atoms with E-state index in [0.717, 1.165) is 33.4 Å². The predicted octanol–water partition coefficient (Wildman–Crippen LogP) is 5.72. The molecule has 0 radical (unpaired) electrons. The van der Waals surface area contributed by atoms with Gasteiger partial charge >= 0.3 is 0 Å². The van der Waals surface area contributed by atoms with E-state index in [4.69, 9.17) is 5.73 Å². The minimum atomic E-state index is -0.799. The molecule has 0 aliphatic carbocycles. The van der Waals surface area contributed by atoms with Crippen LogP contribution in [0.3, 0.4) is 0 Å². The van der Waals surface area contributed by atoms with Gasteiger partial charge in [0, 0.05) is 36.8 Å². The number of nitrogens with two attached hydrogens (primary N) is 1. The minimum Gasteiger partial charge on any atom is -0.508 e. The van der Waals surface area contributed by atoms with Gasteiger partial charge in [0.15, 0.2) is 0 Å². The van der Waals surface area contributed by atoms with Crippen molar-refractivity contribution in [3.63, 3.8) is 0 Å². The Bertz CT molecular complexity index is 1860. The number of nitrogens with one attached hydrogen (secondary N) is 1. The van der Waals surface area contributed by atoms with E-state index < -0.39 is 12.0 Å². The first-order valence-corrected chi connectivity index (χ1v) is 16.9. The Morgan fingerprint density at radius 3 is 2.16 bits per heavy atom. The molecule has 0 unspecified atom stereocenters. The average Bonchev–Trinajstić information content (AvgIpc) is 3.13. The molecule has 0 heterocycles. The zero-order chi connectivity index (χ0) is 35.5. The molecule has 8 nitrogen and oxygen atoms in total. The summed E-state index contributed by atoms with van der Waals surface area (Å²) in [7, 11) is 0. The molecule has 0 aliphatic rings. The van der Waals surface area contributed by atoms with Crippen LogP contribution in [-0.4, -0.2) is 51.2 Å². The van der Waals surface area contributed by atoms with Gasteiger partial charge in [0.05, 0.1) is 19.1 Å². The molecule has 0 saturated carbocycles. The summed E-state index contributed by atoms with van der Waals surface area (Å²) in [5, 5.41) is 33.3. The quantitative estimate of drug-likeness (QED) is 0.0911. The van der Waals surface area contributed by atoms with Gasteiger partial charge < -0.3 is 31.3 Å². The number of nitrogens with zero attached hydrogens (tertiary/aromatic N) is 1. The largest absolute Gasteiger partial charge is 0.508 e. The molecule has 5 aromatic carbocycles. The lowest BCUT2D eigenvalue weighted by atomic mass is 10.0. The molecule has 8 heteroatoms. The van der Waals surface area contributed by atoms with Crippen LogP contribution in [0, 0.1) is 0 Å². The van der Waals surface area contributed by atoms with Crippen LogP contribution < -0.4 is 11.1 Å². The second kappa shape index (κ2) is 17.4. The Morgan fingerprint density at radius 2 is 1.46 bits per heavy atom. The number of hydrogen-bond acceptors (Lipinski definition) is 6. The first-order chi connectivity index (χ1) is 24.2. The Labute approximate surface area is 293 Å². The molecule has 0 spiro atoms. The van der Waals surface area contributed by atoms with E-state index in [1.165, 1.54) is 6.07 Å². The van der Waals surface area contributed by atoms with Gasteiger partial charge in [0.25, 0.3) is 0 Å². The van der Waals surface area contributed by atoms with Crippen LogP contribution in [0.4, 0.5) is 0 Å². The molecule has 6 N–H and O–H groups in total. The van der Waals surface area contributed by atoms with E-state index in [9.17, 15) is 24.9 Å². The van der Waals surface area contributed by atoms with Crippen molar-refractivity contribution >= 4 is 11.8 Å². The number of aliphatic hydroxyl groups is 2. The molecule has 2 atom stereocenters. The van der Waals surface area contributed by atoms with E-state index >= 15 is 0 Å². The van der Waals surface area contributed by atoms with Crippen LogP contribution >= 0.6 is 0 Å². The van der Waals surface area contributed by atoms with Gasteiger partial charge in [-0.3, -0.25) is 9.59 Å². The van der Waals surface area contributed by atoms with Crippen LogP contribution in [0.2, 0.25) is 0 Å². The fourth-order valence-corrected chi connectivity index (χ4v) is 5.99. The topological polar surface area (TPSA) is 136 Å². The van der Waals surface area contributed by atoms with E-state index in [1.807, 2.05) is 60.4 Å². The lowest BCUT2D eigenvalue weighted by Crippen LogP contribution is -2.34. The minimum absolute atomic E-state index is 0.000978. The average molecular weight is 672 g/mol. The Balaban J connectivity index is 1.22. The normalized spacial score (nSPS) is 12.3.